The monoisotopic (exact) mass is 253 g/mol. The number of ether oxygens (including phenoxy) is 1. The number of nitrogens with one attached hydrogen (secondary N) is 2. The van der Waals surface area contributed by atoms with Gasteiger partial charge in [0.05, 0.1) is 6.61 Å². The van der Waals surface area contributed by atoms with Gasteiger partial charge in [-0.1, -0.05) is 0 Å². The van der Waals surface area contributed by atoms with Crippen molar-refractivity contribution in [2.24, 2.45) is 0 Å². The number of likely N-dealkylation sites (N-methyl/N-ethyl adjacent to an activating group) is 1. The van der Waals surface area contributed by atoms with Crippen LogP contribution in [-0.2, 0) is 4.74 Å². The molecule has 2 N–H and O–H groups in total. The van der Waals surface area contributed by atoms with Crippen LogP contribution in [0.1, 0.15) is 5.56 Å². The maximum Gasteiger partial charge on any atom is 0.224 e. The van der Waals surface area contributed by atoms with Crippen molar-refractivity contribution in [3.63, 3.8) is 0 Å². The molecule has 0 aliphatic carbocycles. The normalized spacial score (nSPS) is 10.7. The van der Waals surface area contributed by atoms with Crippen LogP contribution in [0.15, 0.2) is 6.20 Å². The minimum atomic E-state index is 0.635. The fourth-order valence-electron chi connectivity index (χ4n) is 1.47. The molecule has 102 valence electrons. The number of rotatable bonds is 8. The first-order chi connectivity index (χ1) is 8.67. The Kier molecular flexibility index (Phi) is 6.38. The number of anilines is 2. The van der Waals surface area contributed by atoms with Crippen molar-refractivity contribution < 1.29 is 4.74 Å². The van der Waals surface area contributed by atoms with E-state index in [1.165, 1.54) is 0 Å². The van der Waals surface area contributed by atoms with Crippen LogP contribution in [0.25, 0.3) is 0 Å². The summed E-state index contributed by atoms with van der Waals surface area (Å²) >= 11 is 0. The van der Waals surface area contributed by atoms with Crippen LogP contribution in [0.2, 0.25) is 0 Å². The van der Waals surface area contributed by atoms with Gasteiger partial charge in [0.25, 0.3) is 0 Å². The second kappa shape index (κ2) is 7.84. The van der Waals surface area contributed by atoms with E-state index < -0.39 is 0 Å². The first-order valence-corrected chi connectivity index (χ1v) is 6.10. The molecule has 0 atom stereocenters. The predicted octanol–water partition coefficient (Wildman–Crippen LogP) is 0.817. The third-order valence-corrected chi connectivity index (χ3v) is 2.66. The van der Waals surface area contributed by atoms with E-state index in [9.17, 15) is 0 Å². The zero-order chi connectivity index (χ0) is 13.4. The molecule has 6 nitrogen and oxygen atoms in total. The Balaban J connectivity index is 2.38. The highest BCUT2D eigenvalue weighted by atomic mass is 16.5. The lowest BCUT2D eigenvalue weighted by Crippen LogP contribution is -2.28. The molecule has 0 aromatic carbocycles. The van der Waals surface area contributed by atoms with Gasteiger partial charge in [0, 0.05) is 45.6 Å². The van der Waals surface area contributed by atoms with Crippen LogP contribution >= 0.6 is 0 Å². The summed E-state index contributed by atoms with van der Waals surface area (Å²) < 4.78 is 5.04. The smallest absolute Gasteiger partial charge is 0.224 e. The summed E-state index contributed by atoms with van der Waals surface area (Å²) in [5.74, 6) is 1.52. The second-order valence-corrected chi connectivity index (χ2v) is 4.20. The Labute approximate surface area is 109 Å². The van der Waals surface area contributed by atoms with E-state index in [2.05, 4.69) is 32.5 Å². The summed E-state index contributed by atoms with van der Waals surface area (Å²) in [7, 11) is 5.61. The van der Waals surface area contributed by atoms with Gasteiger partial charge in [0.2, 0.25) is 5.95 Å². The minimum absolute atomic E-state index is 0.635. The molecular formula is C12H23N5O. The van der Waals surface area contributed by atoms with Gasteiger partial charge < -0.3 is 20.3 Å². The molecule has 0 spiro atoms. The van der Waals surface area contributed by atoms with Crippen LogP contribution in [-0.4, -0.2) is 62.3 Å². The van der Waals surface area contributed by atoms with Gasteiger partial charge in [-0.25, -0.2) is 4.98 Å². The molecule has 0 aliphatic heterocycles. The summed E-state index contributed by atoms with van der Waals surface area (Å²) in [6, 6.07) is 0. The van der Waals surface area contributed by atoms with E-state index in [4.69, 9.17) is 4.74 Å². The Hall–Kier alpha value is -1.40. The highest BCUT2D eigenvalue weighted by molar-refractivity contribution is 5.46. The molecule has 1 rings (SSSR count). The average molecular weight is 253 g/mol. The molecule has 1 aromatic heterocycles. The number of hydrogen-bond acceptors (Lipinski definition) is 6. The van der Waals surface area contributed by atoms with Gasteiger partial charge >= 0.3 is 0 Å². The fraction of sp³-hybridized carbons (Fsp3) is 0.667. The topological polar surface area (TPSA) is 62.3 Å². The second-order valence-electron chi connectivity index (χ2n) is 4.20. The molecule has 0 bridgehead atoms. The number of hydrogen-bond donors (Lipinski definition) is 2. The van der Waals surface area contributed by atoms with E-state index >= 15 is 0 Å². The SMILES string of the molecule is CNc1ncc(C)c(NCCN(C)CCOC)n1. The molecular weight excluding hydrogens is 230 g/mol. The first kappa shape index (κ1) is 14.7. The van der Waals surface area contributed by atoms with Crippen LogP contribution in [0.3, 0.4) is 0 Å². The average Bonchev–Trinajstić information content (AvgIpc) is 2.38. The van der Waals surface area contributed by atoms with Crippen LogP contribution in [0.5, 0.6) is 0 Å². The first-order valence-electron chi connectivity index (χ1n) is 6.10. The van der Waals surface area contributed by atoms with Crippen molar-refractivity contribution in [1.29, 1.82) is 0 Å². The van der Waals surface area contributed by atoms with Crippen molar-refractivity contribution in [1.82, 2.24) is 14.9 Å². The van der Waals surface area contributed by atoms with Crippen molar-refractivity contribution in [3.05, 3.63) is 11.8 Å². The highest BCUT2D eigenvalue weighted by Crippen LogP contribution is 2.11. The van der Waals surface area contributed by atoms with Crippen LogP contribution in [0, 0.1) is 6.92 Å². The van der Waals surface area contributed by atoms with E-state index in [1.807, 2.05) is 20.2 Å². The van der Waals surface area contributed by atoms with Crippen LogP contribution in [0.4, 0.5) is 11.8 Å². The molecule has 1 heterocycles. The zero-order valence-corrected chi connectivity index (χ0v) is 11.7. The van der Waals surface area contributed by atoms with Gasteiger partial charge in [-0.05, 0) is 14.0 Å². The van der Waals surface area contributed by atoms with Crippen LogP contribution < -0.4 is 10.6 Å². The predicted molar refractivity (Wildman–Crippen MR) is 74.2 cm³/mol. The van der Waals surface area contributed by atoms with E-state index in [0.29, 0.717) is 5.95 Å². The summed E-state index contributed by atoms with van der Waals surface area (Å²) in [5.41, 5.74) is 1.05. The Morgan fingerprint density at radius 3 is 2.83 bits per heavy atom. The Bertz CT molecular complexity index is 358. The Morgan fingerprint density at radius 1 is 1.39 bits per heavy atom. The molecule has 0 saturated carbocycles. The lowest BCUT2D eigenvalue weighted by molar-refractivity contribution is 0.163. The van der Waals surface area contributed by atoms with E-state index in [-0.39, 0.29) is 0 Å². The van der Waals surface area contributed by atoms with Crippen molar-refractivity contribution in [3.8, 4) is 0 Å². The summed E-state index contributed by atoms with van der Waals surface area (Å²) in [5, 5.41) is 6.25. The zero-order valence-electron chi connectivity index (χ0n) is 11.7. The quantitative estimate of drug-likeness (QED) is 0.715. The molecule has 0 radical (unpaired) electrons. The van der Waals surface area contributed by atoms with E-state index in [1.54, 1.807) is 7.11 Å². The molecule has 0 fully saturated rings. The fourth-order valence-corrected chi connectivity index (χ4v) is 1.47. The largest absolute Gasteiger partial charge is 0.383 e. The molecule has 0 saturated heterocycles. The number of nitrogens with zero attached hydrogens (tertiary/aromatic N) is 3. The molecule has 0 amide bonds. The Morgan fingerprint density at radius 2 is 2.17 bits per heavy atom. The minimum Gasteiger partial charge on any atom is -0.383 e. The van der Waals surface area contributed by atoms with Crippen molar-refractivity contribution in [2.75, 3.05) is 58.1 Å². The maximum atomic E-state index is 5.04. The number of aromatic nitrogens is 2. The third kappa shape index (κ3) is 4.85. The third-order valence-electron chi connectivity index (χ3n) is 2.66. The maximum absolute atomic E-state index is 5.04. The summed E-state index contributed by atoms with van der Waals surface area (Å²) in [6.45, 7) is 5.48. The summed E-state index contributed by atoms with van der Waals surface area (Å²) in [4.78, 5) is 10.7. The molecule has 18 heavy (non-hydrogen) atoms. The number of aryl methyl sites for hydroxylation is 1. The molecule has 0 unspecified atom stereocenters. The van der Waals surface area contributed by atoms with E-state index in [0.717, 1.165) is 37.6 Å². The summed E-state index contributed by atoms with van der Waals surface area (Å²) in [6.07, 6.45) is 1.82. The molecule has 0 aliphatic rings. The van der Waals surface area contributed by atoms with Gasteiger partial charge in [-0.3, -0.25) is 0 Å². The standard InChI is InChI=1S/C12H23N5O/c1-10-9-15-12(13-2)16-11(10)14-5-6-17(3)7-8-18-4/h9H,5-8H2,1-4H3,(H2,13,14,15,16). The van der Waals surface area contributed by atoms with Gasteiger partial charge in [0.15, 0.2) is 0 Å². The van der Waals surface area contributed by atoms with Crippen molar-refractivity contribution >= 4 is 11.8 Å². The van der Waals surface area contributed by atoms with Gasteiger partial charge in [-0.2, -0.15) is 4.98 Å². The lowest BCUT2D eigenvalue weighted by Gasteiger charge is -2.17. The number of methoxy groups -OCH3 is 1. The molecule has 6 heteroatoms. The highest BCUT2D eigenvalue weighted by Gasteiger charge is 2.03. The lowest BCUT2D eigenvalue weighted by atomic mass is 10.3. The molecule has 1 aromatic rings. The van der Waals surface area contributed by atoms with Gasteiger partial charge in [-0.15, -0.1) is 0 Å². The van der Waals surface area contributed by atoms with Crippen molar-refractivity contribution in [2.45, 2.75) is 6.92 Å². The van der Waals surface area contributed by atoms with Gasteiger partial charge in [0.1, 0.15) is 5.82 Å².